The van der Waals surface area contributed by atoms with Crippen molar-refractivity contribution in [3.8, 4) is 5.75 Å². The number of rotatable bonds is 5. The molecule has 7 nitrogen and oxygen atoms in total. The zero-order valence-electron chi connectivity index (χ0n) is 9.51. The minimum atomic E-state index is -0.290. The number of hydrogen-bond donors (Lipinski definition) is 1. The Morgan fingerprint density at radius 2 is 2.29 bits per heavy atom. The Balaban J connectivity index is 2.92. The predicted octanol–water partition coefficient (Wildman–Crippen LogP) is 2.22. The van der Waals surface area contributed by atoms with Crippen LogP contribution in [0, 0.1) is 0 Å². The first-order valence-corrected chi connectivity index (χ1v) is 4.73. The number of hydrogen-bond acceptors (Lipinski definition) is 4. The van der Waals surface area contributed by atoms with E-state index in [0.29, 0.717) is 17.1 Å². The van der Waals surface area contributed by atoms with Crippen LogP contribution < -0.4 is 10.1 Å². The average Bonchev–Trinajstić information content (AvgIpc) is 2.31. The number of nitrogens with one attached hydrogen (secondary N) is 1. The van der Waals surface area contributed by atoms with E-state index in [1.165, 1.54) is 20.3 Å². The highest BCUT2D eigenvalue weighted by atomic mass is 16.5. The van der Waals surface area contributed by atoms with Gasteiger partial charge in [-0.05, 0) is 17.7 Å². The second-order valence-electron chi connectivity index (χ2n) is 3.06. The molecule has 0 aromatic heterocycles. The van der Waals surface area contributed by atoms with Gasteiger partial charge in [-0.3, -0.25) is 4.79 Å². The summed E-state index contributed by atoms with van der Waals surface area (Å²) < 4.78 is 9.76. The summed E-state index contributed by atoms with van der Waals surface area (Å²) in [6, 6.07) is 4.70. The van der Waals surface area contributed by atoms with Crippen molar-refractivity contribution in [3.05, 3.63) is 28.6 Å². The van der Waals surface area contributed by atoms with Crippen molar-refractivity contribution in [1.29, 1.82) is 0 Å². The van der Waals surface area contributed by atoms with E-state index in [-0.39, 0.29) is 12.5 Å². The Bertz CT molecular complexity index is 455. The van der Waals surface area contributed by atoms with E-state index in [9.17, 15) is 4.79 Å². The summed E-state index contributed by atoms with van der Waals surface area (Å²) in [7, 11) is 2.89. The number of ether oxygens (including phenoxy) is 2. The summed E-state index contributed by atoms with van der Waals surface area (Å²) in [6.45, 7) is -0.0404. The van der Waals surface area contributed by atoms with Crippen molar-refractivity contribution in [3.63, 3.8) is 0 Å². The van der Waals surface area contributed by atoms with Gasteiger partial charge in [-0.15, -0.1) is 0 Å². The molecule has 0 spiro atoms. The largest absolute Gasteiger partial charge is 0.495 e. The number of nitrogens with zero attached hydrogens (tertiary/aromatic N) is 3. The summed E-state index contributed by atoms with van der Waals surface area (Å²) in [5.74, 6) is 0.127. The van der Waals surface area contributed by atoms with Gasteiger partial charge in [-0.1, -0.05) is 11.2 Å². The maximum absolute atomic E-state index is 11.3. The molecule has 0 saturated heterocycles. The van der Waals surface area contributed by atoms with Gasteiger partial charge in [0, 0.05) is 17.7 Å². The highest BCUT2D eigenvalue weighted by Crippen LogP contribution is 2.29. The Morgan fingerprint density at radius 3 is 2.88 bits per heavy atom. The van der Waals surface area contributed by atoms with Crippen LogP contribution >= 0.6 is 0 Å². The van der Waals surface area contributed by atoms with Gasteiger partial charge < -0.3 is 14.8 Å². The van der Waals surface area contributed by atoms with Gasteiger partial charge in [0.05, 0.1) is 12.8 Å². The van der Waals surface area contributed by atoms with E-state index < -0.39 is 0 Å². The van der Waals surface area contributed by atoms with E-state index in [4.69, 9.17) is 15.0 Å². The van der Waals surface area contributed by atoms with Crippen LogP contribution in [0.15, 0.2) is 23.3 Å². The van der Waals surface area contributed by atoms with Crippen molar-refractivity contribution in [2.45, 2.75) is 0 Å². The second kappa shape index (κ2) is 6.37. The molecule has 1 aromatic carbocycles. The van der Waals surface area contributed by atoms with Crippen molar-refractivity contribution in [1.82, 2.24) is 0 Å². The maximum atomic E-state index is 11.3. The van der Waals surface area contributed by atoms with Gasteiger partial charge in [-0.2, -0.15) is 0 Å². The maximum Gasteiger partial charge on any atom is 0.250 e. The average molecular weight is 236 g/mol. The standard InChI is InChI=1S/C10H12N4O3/c1-16-6-10(15)12-8-4-3-7(13-14-11)5-9(8)17-2/h3-5H,6H2,1-2H3,(H,12,15). The molecule has 0 radical (unpaired) electrons. The Labute approximate surface area is 98.0 Å². The molecule has 1 rings (SSSR count). The second-order valence-corrected chi connectivity index (χ2v) is 3.06. The summed E-state index contributed by atoms with van der Waals surface area (Å²) in [5, 5.41) is 6.04. The van der Waals surface area contributed by atoms with Crippen LogP contribution in [-0.4, -0.2) is 26.7 Å². The molecule has 0 atom stereocenters. The monoisotopic (exact) mass is 236 g/mol. The third-order valence-corrected chi connectivity index (χ3v) is 1.89. The molecule has 0 fully saturated rings. The third kappa shape index (κ3) is 3.67. The summed E-state index contributed by atoms with van der Waals surface area (Å²) >= 11 is 0. The molecule has 1 aromatic rings. The smallest absolute Gasteiger partial charge is 0.250 e. The zero-order chi connectivity index (χ0) is 12.7. The lowest BCUT2D eigenvalue weighted by atomic mass is 10.2. The van der Waals surface area contributed by atoms with Crippen LogP contribution in [0.5, 0.6) is 5.75 Å². The fourth-order valence-corrected chi connectivity index (χ4v) is 1.21. The third-order valence-electron chi connectivity index (χ3n) is 1.89. The molecule has 0 aliphatic carbocycles. The van der Waals surface area contributed by atoms with Crippen LogP contribution in [0.3, 0.4) is 0 Å². The molecule has 0 unspecified atom stereocenters. The van der Waals surface area contributed by atoms with Gasteiger partial charge in [0.2, 0.25) is 5.91 Å². The van der Waals surface area contributed by atoms with E-state index in [1.54, 1.807) is 12.1 Å². The molecule has 0 aliphatic rings. The number of anilines is 1. The lowest BCUT2D eigenvalue weighted by molar-refractivity contribution is -0.119. The van der Waals surface area contributed by atoms with Crippen LogP contribution in [0.2, 0.25) is 0 Å². The highest BCUT2D eigenvalue weighted by Gasteiger charge is 2.07. The van der Waals surface area contributed by atoms with Crippen LogP contribution in [0.25, 0.3) is 10.4 Å². The molecule has 90 valence electrons. The van der Waals surface area contributed by atoms with Crippen molar-refractivity contribution in [2.75, 3.05) is 26.1 Å². The van der Waals surface area contributed by atoms with Crippen molar-refractivity contribution < 1.29 is 14.3 Å². The fraction of sp³-hybridized carbons (Fsp3) is 0.300. The van der Waals surface area contributed by atoms with Crippen LogP contribution in [-0.2, 0) is 9.53 Å². The quantitative estimate of drug-likeness (QED) is 0.482. The van der Waals surface area contributed by atoms with Crippen LogP contribution in [0.4, 0.5) is 11.4 Å². The van der Waals surface area contributed by atoms with E-state index in [1.807, 2.05) is 0 Å². The van der Waals surface area contributed by atoms with Gasteiger partial charge >= 0.3 is 0 Å². The van der Waals surface area contributed by atoms with Gasteiger partial charge in [0.25, 0.3) is 0 Å². The summed E-state index contributed by atoms with van der Waals surface area (Å²) in [5.41, 5.74) is 9.20. The van der Waals surface area contributed by atoms with Gasteiger partial charge in [0.1, 0.15) is 12.4 Å². The molecule has 1 amide bonds. The zero-order valence-corrected chi connectivity index (χ0v) is 9.51. The minimum Gasteiger partial charge on any atom is -0.495 e. The first-order chi connectivity index (χ1) is 8.21. The summed E-state index contributed by atoms with van der Waals surface area (Å²) in [6.07, 6.45) is 0. The molecular weight excluding hydrogens is 224 g/mol. The van der Waals surface area contributed by atoms with Crippen molar-refractivity contribution >= 4 is 17.3 Å². The number of amides is 1. The highest BCUT2D eigenvalue weighted by molar-refractivity contribution is 5.93. The van der Waals surface area contributed by atoms with Gasteiger partial charge in [0.15, 0.2) is 0 Å². The number of carbonyl (C=O) groups excluding carboxylic acids is 1. The fourth-order valence-electron chi connectivity index (χ4n) is 1.21. The predicted molar refractivity (Wildman–Crippen MR) is 62.3 cm³/mol. The first-order valence-electron chi connectivity index (χ1n) is 4.73. The van der Waals surface area contributed by atoms with Gasteiger partial charge in [-0.25, -0.2) is 0 Å². The number of azide groups is 1. The lowest BCUT2D eigenvalue weighted by Gasteiger charge is -2.10. The normalized spacial score (nSPS) is 9.29. The SMILES string of the molecule is COCC(=O)Nc1ccc(N=[N+]=[N-])cc1OC. The Hall–Kier alpha value is -2.24. The molecule has 0 bridgehead atoms. The van der Waals surface area contributed by atoms with E-state index in [0.717, 1.165) is 0 Å². The molecular formula is C10H12N4O3. The lowest BCUT2D eigenvalue weighted by Crippen LogP contribution is -2.17. The number of carbonyl (C=O) groups is 1. The molecule has 0 heterocycles. The Kier molecular flexibility index (Phi) is 4.80. The summed E-state index contributed by atoms with van der Waals surface area (Å²) in [4.78, 5) is 14.0. The molecule has 1 N–H and O–H groups in total. The van der Waals surface area contributed by atoms with E-state index in [2.05, 4.69) is 15.3 Å². The minimum absolute atomic E-state index is 0.0404. The number of benzene rings is 1. The van der Waals surface area contributed by atoms with E-state index >= 15 is 0 Å². The molecule has 7 heteroatoms. The van der Waals surface area contributed by atoms with Crippen LogP contribution in [0.1, 0.15) is 0 Å². The Morgan fingerprint density at radius 1 is 1.53 bits per heavy atom. The topological polar surface area (TPSA) is 96.3 Å². The molecule has 0 saturated carbocycles. The molecule has 0 aliphatic heterocycles. The first kappa shape index (κ1) is 12.8. The van der Waals surface area contributed by atoms with Crippen molar-refractivity contribution in [2.24, 2.45) is 5.11 Å². The molecule has 17 heavy (non-hydrogen) atoms. The number of methoxy groups -OCH3 is 2.